The molecule has 0 atom stereocenters. The summed E-state index contributed by atoms with van der Waals surface area (Å²) in [6.07, 6.45) is -0.140. The smallest absolute Gasteiger partial charge is 0.310 e. The lowest BCUT2D eigenvalue weighted by molar-refractivity contribution is -0.139. The monoisotopic (exact) mass is 213 g/mol. The predicted molar refractivity (Wildman–Crippen MR) is 53.1 cm³/mol. The van der Waals surface area contributed by atoms with Gasteiger partial charge in [-0.25, -0.2) is 4.39 Å². The van der Waals surface area contributed by atoms with E-state index < -0.39 is 11.8 Å². The van der Waals surface area contributed by atoms with E-state index >= 15 is 0 Å². The van der Waals surface area contributed by atoms with Crippen molar-refractivity contribution in [1.82, 2.24) is 0 Å². The quantitative estimate of drug-likeness (QED) is 0.604. The molecule has 5 heteroatoms. The molecule has 2 N–H and O–H groups in total. The minimum absolute atomic E-state index is 0.140. The van der Waals surface area contributed by atoms with Gasteiger partial charge in [-0.05, 0) is 6.07 Å². The van der Waals surface area contributed by atoms with Gasteiger partial charge in [-0.2, -0.15) is 0 Å². The number of hydrogen-bond donors (Lipinski definition) is 1. The molecule has 0 spiro atoms. The summed E-state index contributed by atoms with van der Waals surface area (Å²) >= 11 is 0. The van der Waals surface area contributed by atoms with E-state index in [0.717, 1.165) is 6.07 Å². The number of nitrogen functional groups attached to an aromatic ring is 1. The van der Waals surface area contributed by atoms with Crippen LogP contribution < -0.4 is 10.5 Å². The molecule has 0 aliphatic carbocycles. The molecular formula is C10H12FNO3. The molecule has 0 unspecified atom stereocenters. The van der Waals surface area contributed by atoms with Crippen LogP contribution in [0.1, 0.15) is 5.56 Å². The first kappa shape index (κ1) is 11.3. The van der Waals surface area contributed by atoms with Gasteiger partial charge >= 0.3 is 5.97 Å². The number of anilines is 1. The summed E-state index contributed by atoms with van der Waals surface area (Å²) in [6.45, 7) is 0. The van der Waals surface area contributed by atoms with E-state index in [4.69, 9.17) is 10.5 Å². The number of nitrogens with two attached hydrogens (primary N) is 1. The topological polar surface area (TPSA) is 61.5 Å². The van der Waals surface area contributed by atoms with E-state index in [2.05, 4.69) is 4.74 Å². The summed E-state index contributed by atoms with van der Waals surface area (Å²) in [6, 6.07) is 2.51. The van der Waals surface area contributed by atoms with E-state index in [-0.39, 0.29) is 17.7 Å². The van der Waals surface area contributed by atoms with Gasteiger partial charge in [0.2, 0.25) is 0 Å². The Morgan fingerprint density at radius 1 is 1.47 bits per heavy atom. The van der Waals surface area contributed by atoms with Crippen molar-refractivity contribution >= 4 is 11.7 Å². The van der Waals surface area contributed by atoms with Crippen molar-refractivity contribution in [1.29, 1.82) is 0 Å². The Morgan fingerprint density at radius 3 is 2.67 bits per heavy atom. The fraction of sp³-hybridized carbons (Fsp3) is 0.300. The number of esters is 1. The number of carbonyl (C=O) groups is 1. The van der Waals surface area contributed by atoms with Crippen LogP contribution in [-0.2, 0) is 16.0 Å². The maximum Gasteiger partial charge on any atom is 0.310 e. The molecule has 4 nitrogen and oxygen atoms in total. The largest absolute Gasteiger partial charge is 0.495 e. The lowest BCUT2D eigenvalue weighted by Gasteiger charge is -2.08. The summed E-state index contributed by atoms with van der Waals surface area (Å²) in [5.41, 5.74) is 5.88. The van der Waals surface area contributed by atoms with Crippen molar-refractivity contribution in [3.05, 3.63) is 23.5 Å². The summed E-state index contributed by atoms with van der Waals surface area (Å²) in [4.78, 5) is 11.0. The zero-order valence-electron chi connectivity index (χ0n) is 8.54. The molecule has 0 amide bonds. The Bertz CT molecular complexity index is 379. The van der Waals surface area contributed by atoms with Crippen molar-refractivity contribution in [2.75, 3.05) is 20.0 Å². The molecular weight excluding hydrogens is 201 g/mol. The highest BCUT2D eigenvalue weighted by atomic mass is 19.1. The molecule has 1 rings (SSSR count). The molecule has 0 aliphatic heterocycles. The highest BCUT2D eigenvalue weighted by molar-refractivity contribution is 5.73. The van der Waals surface area contributed by atoms with Crippen molar-refractivity contribution in [3.8, 4) is 5.75 Å². The molecule has 0 fully saturated rings. The van der Waals surface area contributed by atoms with Gasteiger partial charge in [-0.1, -0.05) is 0 Å². The van der Waals surface area contributed by atoms with E-state index in [1.54, 1.807) is 0 Å². The van der Waals surface area contributed by atoms with Gasteiger partial charge in [0.25, 0.3) is 0 Å². The zero-order chi connectivity index (χ0) is 11.4. The lowest BCUT2D eigenvalue weighted by atomic mass is 10.1. The molecule has 0 radical (unpaired) electrons. The fourth-order valence-electron chi connectivity index (χ4n) is 1.15. The molecule has 0 saturated carbocycles. The third-order valence-electron chi connectivity index (χ3n) is 1.96. The van der Waals surface area contributed by atoms with E-state index in [1.165, 1.54) is 20.3 Å². The van der Waals surface area contributed by atoms with Crippen LogP contribution in [0.25, 0.3) is 0 Å². The van der Waals surface area contributed by atoms with Crippen LogP contribution in [0.15, 0.2) is 12.1 Å². The number of hydrogen-bond acceptors (Lipinski definition) is 4. The van der Waals surface area contributed by atoms with Gasteiger partial charge in [-0.15, -0.1) is 0 Å². The minimum atomic E-state index is -0.543. The number of benzene rings is 1. The summed E-state index contributed by atoms with van der Waals surface area (Å²) in [5, 5.41) is 0. The normalized spacial score (nSPS) is 9.80. The Balaban J connectivity index is 3.02. The molecule has 1 aromatic rings. The number of rotatable bonds is 3. The van der Waals surface area contributed by atoms with Crippen LogP contribution in [0.3, 0.4) is 0 Å². The van der Waals surface area contributed by atoms with E-state index in [9.17, 15) is 9.18 Å². The van der Waals surface area contributed by atoms with Crippen LogP contribution >= 0.6 is 0 Å². The van der Waals surface area contributed by atoms with Crippen LogP contribution in [0, 0.1) is 5.82 Å². The first-order valence-electron chi connectivity index (χ1n) is 4.27. The van der Waals surface area contributed by atoms with E-state index in [0.29, 0.717) is 5.75 Å². The van der Waals surface area contributed by atoms with Crippen LogP contribution in [-0.4, -0.2) is 20.2 Å². The van der Waals surface area contributed by atoms with Crippen molar-refractivity contribution in [2.45, 2.75) is 6.42 Å². The first-order chi connectivity index (χ1) is 7.08. The molecule has 0 saturated heterocycles. The standard InChI is InChI=1S/C10H12FNO3/c1-14-9-3-6(4-10(13)15-2)7(11)5-8(9)12/h3,5H,4,12H2,1-2H3. The van der Waals surface area contributed by atoms with Gasteiger partial charge in [-0.3, -0.25) is 4.79 Å². The average molecular weight is 213 g/mol. The van der Waals surface area contributed by atoms with Crippen LogP contribution in [0.4, 0.5) is 10.1 Å². The third-order valence-corrected chi connectivity index (χ3v) is 1.96. The molecule has 1 aromatic carbocycles. The summed E-state index contributed by atoms with van der Waals surface area (Å²) < 4.78 is 22.7. The zero-order valence-corrected chi connectivity index (χ0v) is 8.54. The van der Waals surface area contributed by atoms with Crippen molar-refractivity contribution in [2.24, 2.45) is 0 Å². The second-order valence-corrected chi connectivity index (χ2v) is 2.94. The Kier molecular flexibility index (Phi) is 3.49. The van der Waals surface area contributed by atoms with Gasteiger partial charge in [0.05, 0.1) is 26.3 Å². The third kappa shape index (κ3) is 2.59. The fourth-order valence-corrected chi connectivity index (χ4v) is 1.15. The van der Waals surface area contributed by atoms with Gasteiger partial charge < -0.3 is 15.2 Å². The average Bonchev–Trinajstić information content (AvgIpc) is 2.21. The van der Waals surface area contributed by atoms with Gasteiger partial charge in [0, 0.05) is 11.6 Å². The number of halogens is 1. The Labute approximate surface area is 86.8 Å². The predicted octanol–water partition coefficient (Wildman–Crippen LogP) is 1.13. The molecule has 15 heavy (non-hydrogen) atoms. The summed E-state index contributed by atoms with van der Waals surface area (Å²) in [7, 11) is 2.67. The second kappa shape index (κ2) is 4.63. The van der Waals surface area contributed by atoms with Crippen LogP contribution in [0.5, 0.6) is 5.75 Å². The molecule has 0 bridgehead atoms. The molecule has 0 heterocycles. The van der Waals surface area contributed by atoms with Crippen LogP contribution in [0.2, 0.25) is 0 Å². The second-order valence-electron chi connectivity index (χ2n) is 2.94. The Morgan fingerprint density at radius 2 is 2.13 bits per heavy atom. The Hall–Kier alpha value is -1.78. The SMILES string of the molecule is COC(=O)Cc1cc(OC)c(N)cc1F. The summed E-state index contributed by atoms with van der Waals surface area (Å²) in [5.74, 6) is -0.713. The van der Waals surface area contributed by atoms with Gasteiger partial charge in [0.15, 0.2) is 0 Å². The molecule has 0 aromatic heterocycles. The van der Waals surface area contributed by atoms with Crippen molar-refractivity contribution in [3.63, 3.8) is 0 Å². The number of ether oxygens (including phenoxy) is 2. The first-order valence-corrected chi connectivity index (χ1v) is 4.27. The lowest BCUT2D eigenvalue weighted by Crippen LogP contribution is -2.07. The number of methoxy groups -OCH3 is 2. The highest BCUT2D eigenvalue weighted by Gasteiger charge is 2.12. The van der Waals surface area contributed by atoms with E-state index in [1.807, 2.05) is 0 Å². The maximum atomic E-state index is 13.3. The van der Waals surface area contributed by atoms with Crippen molar-refractivity contribution < 1.29 is 18.7 Å². The maximum absolute atomic E-state index is 13.3. The van der Waals surface area contributed by atoms with Gasteiger partial charge in [0.1, 0.15) is 11.6 Å². The minimum Gasteiger partial charge on any atom is -0.495 e. The molecule has 82 valence electrons. The highest BCUT2D eigenvalue weighted by Crippen LogP contribution is 2.25. The molecule has 0 aliphatic rings. The number of carbonyl (C=O) groups excluding carboxylic acids is 1.